The summed E-state index contributed by atoms with van der Waals surface area (Å²) in [6, 6.07) is 1.46. The van der Waals surface area contributed by atoms with Crippen molar-refractivity contribution in [3.63, 3.8) is 0 Å². The second-order valence-electron chi connectivity index (χ2n) is 4.30. The maximum absolute atomic E-state index is 12.2. The number of carbonyl (C=O) groups excluding carboxylic acids is 1. The minimum Gasteiger partial charge on any atom is -0.451 e. The molecule has 1 atom stereocenters. The van der Waals surface area contributed by atoms with Crippen molar-refractivity contribution in [1.29, 1.82) is 0 Å². The molecule has 6 nitrogen and oxygen atoms in total. The Hall–Kier alpha value is -0.990. The average Bonchev–Trinajstić information content (AvgIpc) is 3.07. The molecule has 1 amide bonds. The van der Waals surface area contributed by atoms with Crippen molar-refractivity contribution in [2.24, 2.45) is 0 Å². The molecular formula is C11H16N2O4S2. The van der Waals surface area contributed by atoms with Crippen LogP contribution in [0, 0.1) is 0 Å². The molecule has 0 spiro atoms. The molecular weight excluding hydrogens is 288 g/mol. The van der Waals surface area contributed by atoms with Crippen LogP contribution in [0.4, 0.5) is 0 Å². The second-order valence-corrected chi connectivity index (χ2v) is 7.26. The fraction of sp³-hybridized carbons (Fsp3) is 0.545. The van der Waals surface area contributed by atoms with Crippen LogP contribution < -0.4 is 4.72 Å². The molecule has 1 N–H and O–H groups in total. The average molecular weight is 304 g/mol. The van der Waals surface area contributed by atoms with Gasteiger partial charge < -0.3 is 9.32 Å². The highest BCUT2D eigenvalue weighted by Crippen LogP contribution is 2.23. The quantitative estimate of drug-likeness (QED) is 0.888. The number of nitrogens with one attached hydrogen (secondary N) is 1. The van der Waals surface area contributed by atoms with Gasteiger partial charge in [0.25, 0.3) is 15.9 Å². The summed E-state index contributed by atoms with van der Waals surface area (Å²) >= 11 is 1.81. The number of hydrogen-bond donors (Lipinski definition) is 1. The van der Waals surface area contributed by atoms with Gasteiger partial charge in [-0.1, -0.05) is 0 Å². The molecule has 1 aliphatic heterocycles. The maximum atomic E-state index is 12.2. The third kappa shape index (κ3) is 2.96. The van der Waals surface area contributed by atoms with E-state index in [0.29, 0.717) is 0 Å². The molecule has 19 heavy (non-hydrogen) atoms. The van der Waals surface area contributed by atoms with Crippen LogP contribution in [0.2, 0.25) is 0 Å². The summed E-state index contributed by atoms with van der Waals surface area (Å²) in [7, 11) is -0.620. The Bertz CT molecular complexity index is 561. The third-order valence-electron chi connectivity index (χ3n) is 3.13. The zero-order chi connectivity index (χ0) is 14.0. The fourth-order valence-corrected chi connectivity index (χ4v) is 3.79. The van der Waals surface area contributed by atoms with E-state index >= 15 is 0 Å². The summed E-state index contributed by atoms with van der Waals surface area (Å²) < 4.78 is 30.2. The molecule has 0 aromatic carbocycles. The van der Waals surface area contributed by atoms with Gasteiger partial charge in [0.05, 0.1) is 5.56 Å². The lowest BCUT2D eigenvalue weighted by atomic mass is 10.2. The number of nitrogens with zero attached hydrogens (tertiary/aromatic N) is 1. The van der Waals surface area contributed by atoms with Crippen LogP contribution in [0.3, 0.4) is 0 Å². The van der Waals surface area contributed by atoms with E-state index in [0.717, 1.165) is 17.9 Å². The van der Waals surface area contributed by atoms with Gasteiger partial charge in [-0.05, 0) is 19.2 Å². The normalized spacial score (nSPS) is 19.6. The Morgan fingerprint density at radius 3 is 2.89 bits per heavy atom. The molecule has 1 aromatic heterocycles. The number of hydrogen-bond acceptors (Lipinski definition) is 5. The molecule has 1 saturated heterocycles. The van der Waals surface area contributed by atoms with Crippen molar-refractivity contribution in [3.05, 3.63) is 17.9 Å². The van der Waals surface area contributed by atoms with E-state index in [1.54, 1.807) is 11.9 Å². The predicted molar refractivity (Wildman–Crippen MR) is 72.8 cm³/mol. The van der Waals surface area contributed by atoms with Crippen LogP contribution in [0.25, 0.3) is 0 Å². The molecule has 8 heteroatoms. The number of sulfonamides is 1. The largest absolute Gasteiger partial charge is 0.451 e. The molecule has 1 fully saturated rings. The first-order chi connectivity index (χ1) is 8.95. The van der Waals surface area contributed by atoms with E-state index in [2.05, 4.69) is 4.72 Å². The number of furan rings is 1. The summed E-state index contributed by atoms with van der Waals surface area (Å²) in [4.78, 5) is 13.9. The van der Waals surface area contributed by atoms with E-state index in [-0.39, 0.29) is 22.6 Å². The zero-order valence-electron chi connectivity index (χ0n) is 10.8. The number of amides is 1. The molecule has 1 aromatic rings. The lowest BCUT2D eigenvalue weighted by Crippen LogP contribution is -2.36. The summed E-state index contributed by atoms with van der Waals surface area (Å²) in [6.45, 7) is 0. The first kappa shape index (κ1) is 14.4. The maximum Gasteiger partial charge on any atom is 0.273 e. The molecule has 0 aliphatic carbocycles. The molecule has 1 aliphatic rings. The smallest absolute Gasteiger partial charge is 0.273 e. The van der Waals surface area contributed by atoms with Crippen LogP contribution in [0.15, 0.2) is 21.8 Å². The van der Waals surface area contributed by atoms with E-state index in [4.69, 9.17) is 4.42 Å². The molecule has 106 valence electrons. The minimum atomic E-state index is -3.65. The molecule has 2 heterocycles. The van der Waals surface area contributed by atoms with Crippen LogP contribution in [-0.4, -0.2) is 50.9 Å². The molecule has 0 saturated carbocycles. The van der Waals surface area contributed by atoms with Crippen LogP contribution in [-0.2, 0) is 10.0 Å². The van der Waals surface area contributed by atoms with Crippen molar-refractivity contribution in [1.82, 2.24) is 9.62 Å². The SMILES string of the molecule is CNS(=O)(=O)c1cc(C(=O)N(C)C2CCSC2)co1. The van der Waals surface area contributed by atoms with Gasteiger partial charge >= 0.3 is 0 Å². The first-order valence-corrected chi connectivity index (χ1v) is 8.46. The van der Waals surface area contributed by atoms with Gasteiger partial charge in [0.1, 0.15) is 6.26 Å². The number of carbonyl (C=O) groups is 1. The second kappa shape index (κ2) is 5.56. The topological polar surface area (TPSA) is 79.6 Å². The molecule has 1 unspecified atom stereocenters. The lowest BCUT2D eigenvalue weighted by Gasteiger charge is -2.22. The van der Waals surface area contributed by atoms with Gasteiger partial charge in [0.15, 0.2) is 0 Å². The Balaban J connectivity index is 2.16. The summed E-state index contributed by atoms with van der Waals surface area (Å²) in [5.74, 6) is 1.75. The monoisotopic (exact) mass is 304 g/mol. The number of thioether (sulfide) groups is 1. The van der Waals surface area contributed by atoms with E-state index in [1.165, 1.54) is 19.4 Å². The minimum absolute atomic E-state index is 0.205. The lowest BCUT2D eigenvalue weighted by molar-refractivity contribution is 0.0747. The zero-order valence-corrected chi connectivity index (χ0v) is 12.4. The van der Waals surface area contributed by atoms with Crippen molar-refractivity contribution >= 4 is 27.7 Å². The Morgan fingerprint density at radius 1 is 1.58 bits per heavy atom. The predicted octanol–water partition coefficient (Wildman–Crippen LogP) is 0.765. The highest BCUT2D eigenvalue weighted by molar-refractivity contribution is 7.99. The van der Waals surface area contributed by atoms with Crippen LogP contribution in [0.1, 0.15) is 16.8 Å². The third-order valence-corrected chi connectivity index (χ3v) is 5.56. The standard InChI is InChI=1S/C11H16N2O4S2/c1-12-19(15,16)10-5-8(6-17-10)11(14)13(2)9-3-4-18-7-9/h5-6,9,12H,3-4,7H2,1-2H3. The van der Waals surface area contributed by atoms with Crippen molar-refractivity contribution in [2.45, 2.75) is 17.6 Å². The molecule has 0 bridgehead atoms. The van der Waals surface area contributed by atoms with E-state index in [9.17, 15) is 13.2 Å². The van der Waals surface area contributed by atoms with Crippen molar-refractivity contribution in [2.75, 3.05) is 25.6 Å². The highest BCUT2D eigenvalue weighted by atomic mass is 32.2. The van der Waals surface area contributed by atoms with Gasteiger partial charge in [0.2, 0.25) is 5.09 Å². The Labute approximate surface area is 116 Å². The number of rotatable bonds is 4. The van der Waals surface area contributed by atoms with E-state index in [1.807, 2.05) is 11.8 Å². The van der Waals surface area contributed by atoms with E-state index < -0.39 is 10.0 Å². The van der Waals surface area contributed by atoms with Crippen LogP contribution in [0.5, 0.6) is 0 Å². The van der Waals surface area contributed by atoms with Gasteiger partial charge in [-0.3, -0.25) is 4.79 Å². The molecule has 0 radical (unpaired) electrons. The Kier molecular flexibility index (Phi) is 4.22. The van der Waals surface area contributed by atoms with Crippen molar-refractivity contribution < 1.29 is 17.6 Å². The van der Waals surface area contributed by atoms with Gasteiger partial charge in [0, 0.05) is 24.9 Å². The Morgan fingerprint density at radius 2 is 2.32 bits per heavy atom. The van der Waals surface area contributed by atoms with Gasteiger partial charge in [-0.25, -0.2) is 13.1 Å². The van der Waals surface area contributed by atoms with Gasteiger partial charge in [-0.15, -0.1) is 0 Å². The summed E-state index contributed by atoms with van der Waals surface area (Å²) in [6.07, 6.45) is 2.15. The van der Waals surface area contributed by atoms with Crippen molar-refractivity contribution in [3.8, 4) is 0 Å². The van der Waals surface area contributed by atoms with Crippen LogP contribution >= 0.6 is 11.8 Å². The highest BCUT2D eigenvalue weighted by Gasteiger charge is 2.27. The molecule has 2 rings (SSSR count). The van der Waals surface area contributed by atoms with Gasteiger partial charge in [-0.2, -0.15) is 11.8 Å². The first-order valence-electron chi connectivity index (χ1n) is 5.82. The summed E-state index contributed by atoms with van der Waals surface area (Å²) in [5, 5.41) is -0.243. The fourth-order valence-electron chi connectivity index (χ4n) is 1.87. The summed E-state index contributed by atoms with van der Waals surface area (Å²) in [5.41, 5.74) is 0.258.